The third kappa shape index (κ3) is 4.05. The maximum Gasteiger partial charge on any atom is 0.162 e. The molecule has 0 aliphatic heterocycles. The average molecular weight is 255 g/mol. The molecule has 0 heterocycles. The minimum Gasteiger partial charge on any atom is -0.314 e. The van der Waals surface area contributed by atoms with Crippen LogP contribution < -0.4 is 5.32 Å². The predicted octanol–water partition coefficient (Wildman–Crippen LogP) is 3.92. The molecule has 0 spiro atoms. The van der Waals surface area contributed by atoms with Gasteiger partial charge in [0.1, 0.15) is 0 Å². The highest BCUT2D eigenvalue weighted by atomic mass is 19.2. The van der Waals surface area contributed by atoms with Gasteiger partial charge in [-0.1, -0.05) is 32.9 Å². The second kappa shape index (κ2) is 7.47. The largest absolute Gasteiger partial charge is 0.314 e. The summed E-state index contributed by atoms with van der Waals surface area (Å²) in [6.45, 7) is 7.29. The van der Waals surface area contributed by atoms with E-state index in [2.05, 4.69) is 26.1 Å². The minimum atomic E-state index is -0.755. The lowest BCUT2D eigenvalue weighted by atomic mass is 9.92. The Morgan fingerprint density at radius 1 is 1.22 bits per heavy atom. The van der Waals surface area contributed by atoms with Gasteiger partial charge in [-0.25, -0.2) is 8.78 Å². The highest BCUT2D eigenvalue weighted by Crippen LogP contribution is 2.18. The van der Waals surface area contributed by atoms with Crippen molar-refractivity contribution in [3.8, 4) is 0 Å². The highest BCUT2D eigenvalue weighted by Gasteiger charge is 2.17. The molecule has 0 fully saturated rings. The molecular weight excluding hydrogens is 232 g/mol. The van der Waals surface area contributed by atoms with Gasteiger partial charge in [0, 0.05) is 6.04 Å². The summed E-state index contributed by atoms with van der Waals surface area (Å²) < 4.78 is 26.7. The first-order valence-corrected chi connectivity index (χ1v) is 6.76. The Bertz CT molecular complexity index is 366. The Morgan fingerprint density at radius 2 is 1.94 bits per heavy atom. The van der Waals surface area contributed by atoms with Gasteiger partial charge in [-0.2, -0.15) is 0 Å². The molecule has 3 heteroatoms. The molecule has 0 radical (unpaired) electrons. The smallest absolute Gasteiger partial charge is 0.162 e. The van der Waals surface area contributed by atoms with Gasteiger partial charge in [-0.05, 0) is 43.4 Å². The van der Waals surface area contributed by atoms with Gasteiger partial charge in [0.2, 0.25) is 0 Å². The lowest BCUT2D eigenvalue weighted by Gasteiger charge is -2.24. The topological polar surface area (TPSA) is 12.0 Å². The van der Waals surface area contributed by atoms with Crippen LogP contribution in [0.15, 0.2) is 18.2 Å². The second-order valence-corrected chi connectivity index (χ2v) is 4.86. The van der Waals surface area contributed by atoms with Gasteiger partial charge in [-0.15, -0.1) is 0 Å². The van der Waals surface area contributed by atoms with E-state index in [1.165, 1.54) is 0 Å². The molecule has 18 heavy (non-hydrogen) atoms. The van der Waals surface area contributed by atoms with E-state index in [0.29, 0.717) is 18.0 Å². The summed E-state index contributed by atoms with van der Waals surface area (Å²) in [5.74, 6) is -1.16. The lowest BCUT2D eigenvalue weighted by molar-refractivity contribution is 0.359. The van der Waals surface area contributed by atoms with Gasteiger partial charge in [0.25, 0.3) is 0 Å². The number of halogens is 2. The van der Waals surface area contributed by atoms with Gasteiger partial charge >= 0.3 is 0 Å². The van der Waals surface area contributed by atoms with Crippen LogP contribution in [-0.2, 0) is 6.42 Å². The molecule has 0 amide bonds. The second-order valence-electron chi connectivity index (χ2n) is 4.86. The predicted molar refractivity (Wildman–Crippen MR) is 71.6 cm³/mol. The van der Waals surface area contributed by atoms with Crippen LogP contribution in [0.25, 0.3) is 0 Å². The Kier molecular flexibility index (Phi) is 6.27. The fourth-order valence-electron chi connectivity index (χ4n) is 2.27. The molecule has 0 aliphatic carbocycles. The van der Waals surface area contributed by atoms with Crippen LogP contribution in [0.5, 0.6) is 0 Å². The van der Waals surface area contributed by atoms with E-state index in [-0.39, 0.29) is 5.92 Å². The van der Waals surface area contributed by atoms with Crippen molar-refractivity contribution in [3.05, 3.63) is 35.4 Å². The zero-order valence-electron chi connectivity index (χ0n) is 11.5. The van der Waals surface area contributed by atoms with Crippen molar-refractivity contribution in [3.63, 3.8) is 0 Å². The summed E-state index contributed by atoms with van der Waals surface area (Å²) in [5, 5.41) is 3.46. The number of hydrogen-bond donors (Lipinski definition) is 1. The van der Waals surface area contributed by atoms with Gasteiger partial charge in [0.05, 0.1) is 0 Å². The van der Waals surface area contributed by atoms with Crippen molar-refractivity contribution < 1.29 is 8.78 Å². The van der Waals surface area contributed by atoms with E-state index in [1.54, 1.807) is 12.1 Å². The first-order chi connectivity index (χ1) is 8.60. The first-order valence-electron chi connectivity index (χ1n) is 6.76. The molecule has 0 bridgehead atoms. The van der Waals surface area contributed by atoms with E-state index in [4.69, 9.17) is 0 Å². The van der Waals surface area contributed by atoms with Gasteiger partial charge in [-0.3, -0.25) is 0 Å². The van der Waals surface area contributed by atoms with Crippen LogP contribution in [0.1, 0.15) is 39.2 Å². The Morgan fingerprint density at radius 3 is 2.56 bits per heavy atom. The van der Waals surface area contributed by atoms with Crippen molar-refractivity contribution in [2.75, 3.05) is 6.54 Å². The van der Waals surface area contributed by atoms with Crippen molar-refractivity contribution in [2.24, 2.45) is 5.92 Å². The zero-order valence-corrected chi connectivity index (χ0v) is 11.5. The molecule has 0 saturated carbocycles. The van der Waals surface area contributed by atoms with Crippen molar-refractivity contribution >= 4 is 0 Å². The monoisotopic (exact) mass is 255 g/mol. The summed E-state index contributed by atoms with van der Waals surface area (Å²) in [6.07, 6.45) is 2.65. The van der Waals surface area contributed by atoms with Crippen molar-refractivity contribution in [2.45, 2.75) is 46.1 Å². The van der Waals surface area contributed by atoms with Gasteiger partial charge < -0.3 is 5.32 Å². The molecule has 2 unspecified atom stereocenters. The standard InChI is InChI=1S/C15H23F2N/c1-4-9-18-14(5-2)11(3)10-12-7-6-8-13(16)15(12)17/h6-8,11,14,18H,4-5,9-10H2,1-3H3. The van der Waals surface area contributed by atoms with Crippen LogP contribution in [-0.4, -0.2) is 12.6 Å². The fraction of sp³-hybridized carbons (Fsp3) is 0.600. The van der Waals surface area contributed by atoms with Crippen LogP contribution in [0.3, 0.4) is 0 Å². The van der Waals surface area contributed by atoms with E-state index < -0.39 is 11.6 Å². The average Bonchev–Trinajstić information content (AvgIpc) is 2.36. The molecule has 0 aromatic heterocycles. The van der Waals surface area contributed by atoms with E-state index in [1.807, 2.05) is 0 Å². The van der Waals surface area contributed by atoms with E-state index in [0.717, 1.165) is 25.5 Å². The molecule has 1 rings (SSSR count). The SMILES string of the molecule is CCCNC(CC)C(C)Cc1cccc(F)c1F. The minimum absolute atomic E-state index is 0.290. The quantitative estimate of drug-likeness (QED) is 0.778. The zero-order chi connectivity index (χ0) is 13.5. The summed E-state index contributed by atoms with van der Waals surface area (Å²) in [6, 6.07) is 4.76. The number of nitrogens with one attached hydrogen (secondary N) is 1. The lowest BCUT2D eigenvalue weighted by Crippen LogP contribution is -2.36. The maximum absolute atomic E-state index is 13.6. The molecular formula is C15H23F2N. The Hall–Kier alpha value is -0.960. The molecule has 0 aliphatic rings. The van der Waals surface area contributed by atoms with Crippen LogP contribution >= 0.6 is 0 Å². The summed E-state index contributed by atoms with van der Waals surface area (Å²) in [4.78, 5) is 0. The number of rotatable bonds is 7. The van der Waals surface area contributed by atoms with Gasteiger partial charge in [0.15, 0.2) is 11.6 Å². The van der Waals surface area contributed by atoms with Crippen molar-refractivity contribution in [1.82, 2.24) is 5.32 Å². The molecule has 1 N–H and O–H groups in total. The van der Waals surface area contributed by atoms with E-state index in [9.17, 15) is 8.78 Å². The molecule has 0 saturated heterocycles. The third-order valence-electron chi connectivity index (χ3n) is 3.36. The van der Waals surface area contributed by atoms with E-state index >= 15 is 0 Å². The van der Waals surface area contributed by atoms with Crippen LogP contribution in [0.4, 0.5) is 8.78 Å². The Balaban J connectivity index is 2.67. The summed E-state index contributed by atoms with van der Waals surface area (Å²) in [7, 11) is 0. The third-order valence-corrected chi connectivity index (χ3v) is 3.36. The van der Waals surface area contributed by atoms with Crippen LogP contribution in [0.2, 0.25) is 0 Å². The maximum atomic E-state index is 13.6. The summed E-state index contributed by atoms with van der Waals surface area (Å²) in [5.41, 5.74) is 0.472. The molecule has 1 nitrogen and oxygen atoms in total. The molecule has 102 valence electrons. The fourth-order valence-corrected chi connectivity index (χ4v) is 2.27. The van der Waals surface area contributed by atoms with Crippen molar-refractivity contribution in [1.29, 1.82) is 0 Å². The normalized spacial score (nSPS) is 14.5. The number of benzene rings is 1. The molecule has 2 atom stereocenters. The van der Waals surface area contributed by atoms with Crippen LogP contribution in [0, 0.1) is 17.6 Å². The molecule has 1 aromatic carbocycles. The Labute approximate surface area is 109 Å². The molecule has 1 aromatic rings. The highest BCUT2D eigenvalue weighted by molar-refractivity contribution is 5.19. The summed E-state index contributed by atoms with van der Waals surface area (Å²) >= 11 is 0. The first kappa shape index (κ1) is 15.1. The number of hydrogen-bond acceptors (Lipinski definition) is 1.